The van der Waals surface area contributed by atoms with Crippen LogP contribution in [0.1, 0.15) is 21.5 Å². The molecule has 0 aliphatic heterocycles. The molecule has 3 rings (SSSR count). The predicted molar refractivity (Wildman–Crippen MR) is 125 cm³/mol. The van der Waals surface area contributed by atoms with Gasteiger partial charge in [0.15, 0.2) is 11.5 Å². The molecule has 0 atom stereocenters. The van der Waals surface area contributed by atoms with Crippen LogP contribution in [0, 0.1) is 6.92 Å². The van der Waals surface area contributed by atoms with Crippen LogP contribution in [-0.2, 0) is 9.59 Å². The number of phenolic OH excluding ortho intramolecular Hbond substituents is 1. The SMILES string of the molecule is COc1cccc(/C=N/NC(=O)C(=O)Nc2ccccc2C(=O)Nc2cccc(C)c2)c1O. The van der Waals surface area contributed by atoms with Gasteiger partial charge in [0.25, 0.3) is 5.91 Å². The Morgan fingerprint density at radius 2 is 1.70 bits per heavy atom. The van der Waals surface area contributed by atoms with Gasteiger partial charge in [0.1, 0.15) is 0 Å². The van der Waals surface area contributed by atoms with Crippen LogP contribution in [-0.4, -0.2) is 36.2 Å². The molecule has 3 aromatic carbocycles. The summed E-state index contributed by atoms with van der Waals surface area (Å²) in [6, 6.07) is 18.3. The van der Waals surface area contributed by atoms with E-state index in [2.05, 4.69) is 21.2 Å². The third-order valence-corrected chi connectivity index (χ3v) is 4.52. The molecular formula is C24H22N4O5. The number of carbonyl (C=O) groups is 3. The number of aryl methyl sites for hydroxylation is 1. The molecule has 0 heterocycles. The second-order valence-electron chi connectivity index (χ2n) is 6.92. The van der Waals surface area contributed by atoms with Crippen molar-refractivity contribution in [1.29, 1.82) is 0 Å². The molecule has 3 aromatic rings. The van der Waals surface area contributed by atoms with Crippen molar-refractivity contribution in [3.8, 4) is 11.5 Å². The minimum atomic E-state index is -1.05. The second-order valence-corrected chi connectivity index (χ2v) is 6.92. The number of phenols is 1. The van der Waals surface area contributed by atoms with Crippen LogP contribution in [0.25, 0.3) is 0 Å². The van der Waals surface area contributed by atoms with E-state index < -0.39 is 17.7 Å². The number of amides is 3. The first-order valence-corrected chi connectivity index (χ1v) is 9.86. The van der Waals surface area contributed by atoms with Crippen molar-refractivity contribution in [2.75, 3.05) is 17.7 Å². The van der Waals surface area contributed by atoms with E-state index in [0.29, 0.717) is 5.69 Å². The van der Waals surface area contributed by atoms with Crippen molar-refractivity contribution >= 4 is 35.3 Å². The van der Waals surface area contributed by atoms with Crippen LogP contribution in [0.3, 0.4) is 0 Å². The maximum atomic E-state index is 12.7. The monoisotopic (exact) mass is 446 g/mol. The average molecular weight is 446 g/mol. The molecule has 9 nitrogen and oxygen atoms in total. The number of aromatic hydroxyl groups is 1. The first-order valence-electron chi connectivity index (χ1n) is 9.86. The molecule has 9 heteroatoms. The van der Waals surface area contributed by atoms with Gasteiger partial charge in [0.2, 0.25) is 0 Å². The van der Waals surface area contributed by atoms with E-state index >= 15 is 0 Å². The highest BCUT2D eigenvalue weighted by Crippen LogP contribution is 2.27. The van der Waals surface area contributed by atoms with Crippen molar-refractivity contribution < 1.29 is 24.2 Å². The lowest BCUT2D eigenvalue weighted by molar-refractivity contribution is -0.136. The van der Waals surface area contributed by atoms with E-state index in [1.165, 1.54) is 25.5 Å². The van der Waals surface area contributed by atoms with Crippen LogP contribution >= 0.6 is 0 Å². The van der Waals surface area contributed by atoms with Crippen LogP contribution in [0.2, 0.25) is 0 Å². The first kappa shape index (κ1) is 23.0. The summed E-state index contributed by atoms with van der Waals surface area (Å²) in [7, 11) is 1.40. The molecule has 0 bridgehead atoms. The molecular weight excluding hydrogens is 424 g/mol. The van der Waals surface area contributed by atoms with E-state index in [-0.39, 0.29) is 28.3 Å². The summed E-state index contributed by atoms with van der Waals surface area (Å²) in [5.74, 6) is -2.43. The average Bonchev–Trinajstić information content (AvgIpc) is 2.80. The maximum Gasteiger partial charge on any atom is 0.329 e. The zero-order valence-corrected chi connectivity index (χ0v) is 18.0. The van der Waals surface area contributed by atoms with Crippen LogP contribution < -0.4 is 20.8 Å². The summed E-state index contributed by atoms with van der Waals surface area (Å²) in [6.07, 6.45) is 1.17. The summed E-state index contributed by atoms with van der Waals surface area (Å²) < 4.78 is 5.00. The Balaban J connectivity index is 1.65. The minimum absolute atomic E-state index is 0.156. The van der Waals surface area contributed by atoms with Crippen molar-refractivity contribution in [1.82, 2.24) is 5.43 Å². The standard InChI is InChI=1S/C24H22N4O5/c1-15-7-5-9-17(13-15)26-22(30)18-10-3-4-11-19(18)27-23(31)24(32)28-25-14-16-8-6-12-20(33-2)21(16)29/h3-14,29H,1-2H3,(H,26,30)(H,27,31)(H,28,32)/b25-14+. The van der Waals surface area contributed by atoms with Gasteiger partial charge >= 0.3 is 11.8 Å². The topological polar surface area (TPSA) is 129 Å². The van der Waals surface area contributed by atoms with Gasteiger partial charge in [-0.05, 0) is 48.9 Å². The van der Waals surface area contributed by atoms with Gasteiger partial charge in [-0.3, -0.25) is 14.4 Å². The number of benzene rings is 3. The van der Waals surface area contributed by atoms with E-state index in [0.717, 1.165) is 5.56 Å². The van der Waals surface area contributed by atoms with Crippen molar-refractivity contribution in [3.63, 3.8) is 0 Å². The number of methoxy groups -OCH3 is 1. The molecule has 0 fully saturated rings. The molecule has 0 radical (unpaired) electrons. The smallest absolute Gasteiger partial charge is 0.329 e. The molecule has 0 saturated carbocycles. The lowest BCUT2D eigenvalue weighted by Gasteiger charge is -2.11. The molecule has 0 saturated heterocycles. The molecule has 3 amide bonds. The normalized spacial score (nSPS) is 10.5. The van der Waals surface area contributed by atoms with Crippen LogP contribution in [0.5, 0.6) is 11.5 Å². The van der Waals surface area contributed by atoms with Gasteiger partial charge in [0.05, 0.1) is 24.6 Å². The highest BCUT2D eigenvalue weighted by molar-refractivity contribution is 6.40. The third kappa shape index (κ3) is 5.95. The molecule has 4 N–H and O–H groups in total. The largest absolute Gasteiger partial charge is 0.504 e. The Hall–Kier alpha value is -4.66. The Morgan fingerprint density at radius 1 is 0.939 bits per heavy atom. The summed E-state index contributed by atoms with van der Waals surface area (Å²) in [6.45, 7) is 1.90. The fraction of sp³-hybridized carbons (Fsp3) is 0.0833. The molecule has 168 valence electrons. The van der Waals surface area contributed by atoms with Gasteiger partial charge in [-0.15, -0.1) is 0 Å². The summed E-state index contributed by atoms with van der Waals surface area (Å²) in [5.41, 5.74) is 4.30. The number of carbonyl (C=O) groups excluding carboxylic acids is 3. The van der Waals surface area contributed by atoms with Gasteiger partial charge in [-0.25, -0.2) is 5.43 Å². The Bertz CT molecular complexity index is 1220. The maximum absolute atomic E-state index is 12.7. The van der Waals surface area contributed by atoms with Crippen LogP contribution in [0.4, 0.5) is 11.4 Å². The van der Waals surface area contributed by atoms with E-state index in [1.54, 1.807) is 36.4 Å². The molecule has 0 aliphatic rings. The van der Waals surface area contributed by atoms with Gasteiger partial charge in [-0.2, -0.15) is 5.10 Å². The molecule has 0 aliphatic carbocycles. The van der Waals surface area contributed by atoms with Crippen molar-refractivity contribution in [3.05, 3.63) is 83.4 Å². The summed E-state index contributed by atoms with van der Waals surface area (Å²) >= 11 is 0. The number of nitrogens with one attached hydrogen (secondary N) is 3. The zero-order chi connectivity index (χ0) is 23.8. The number of para-hydroxylation sites is 2. The highest BCUT2D eigenvalue weighted by Gasteiger charge is 2.18. The fourth-order valence-corrected chi connectivity index (χ4v) is 2.91. The third-order valence-electron chi connectivity index (χ3n) is 4.52. The van der Waals surface area contributed by atoms with Crippen molar-refractivity contribution in [2.45, 2.75) is 6.92 Å². The Labute approximate surface area is 190 Å². The van der Waals surface area contributed by atoms with Crippen molar-refractivity contribution in [2.24, 2.45) is 5.10 Å². The molecule has 0 spiro atoms. The number of hydrogen-bond acceptors (Lipinski definition) is 6. The number of hydrogen-bond donors (Lipinski definition) is 4. The molecule has 0 aromatic heterocycles. The lowest BCUT2D eigenvalue weighted by Crippen LogP contribution is -2.33. The van der Waals surface area contributed by atoms with E-state index in [9.17, 15) is 19.5 Å². The Kier molecular flexibility index (Phi) is 7.38. The fourth-order valence-electron chi connectivity index (χ4n) is 2.91. The first-order chi connectivity index (χ1) is 15.9. The van der Waals surface area contributed by atoms with E-state index in [1.807, 2.05) is 25.1 Å². The summed E-state index contributed by atoms with van der Waals surface area (Å²) in [5, 5.41) is 18.9. The van der Waals surface area contributed by atoms with Crippen LogP contribution in [0.15, 0.2) is 71.8 Å². The summed E-state index contributed by atoms with van der Waals surface area (Å²) in [4.78, 5) is 37.1. The quantitative estimate of drug-likeness (QED) is 0.263. The predicted octanol–water partition coefficient (Wildman–Crippen LogP) is 3.05. The molecule has 33 heavy (non-hydrogen) atoms. The second kappa shape index (κ2) is 10.6. The molecule has 0 unspecified atom stereocenters. The number of nitrogens with zero attached hydrogens (tertiary/aromatic N) is 1. The number of ether oxygens (including phenoxy) is 1. The minimum Gasteiger partial charge on any atom is -0.504 e. The Morgan fingerprint density at radius 3 is 2.45 bits per heavy atom. The van der Waals surface area contributed by atoms with Gasteiger partial charge in [0, 0.05) is 11.3 Å². The van der Waals surface area contributed by atoms with E-state index in [4.69, 9.17) is 4.74 Å². The zero-order valence-electron chi connectivity index (χ0n) is 18.0. The highest BCUT2D eigenvalue weighted by atomic mass is 16.5. The number of hydrazone groups is 1. The van der Waals surface area contributed by atoms with Gasteiger partial charge in [-0.1, -0.05) is 30.3 Å². The van der Waals surface area contributed by atoms with Gasteiger partial charge < -0.3 is 20.5 Å². The lowest BCUT2D eigenvalue weighted by atomic mass is 10.1. The number of anilines is 2. The number of rotatable bonds is 6.